The highest BCUT2D eigenvalue weighted by Gasteiger charge is 2.59. The molecule has 4 bridgehead atoms. The Hall–Kier alpha value is -0.0400. The summed E-state index contributed by atoms with van der Waals surface area (Å²) in [6.45, 7) is 7.40. The highest BCUT2D eigenvalue weighted by atomic mass is 14.7. The van der Waals surface area contributed by atoms with E-state index in [1.807, 2.05) is 0 Å². The van der Waals surface area contributed by atoms with E-state index in [1.165, 1.54) is 57.8 Å². The van der Waals surface area contributed by atoms with E-state index in [4.69, 9.17) is 5.73 Å². The molecule has 0 aromatic heterocycles. The molecule has 0 aromatic rings. The van der Waals surface area contributed by atoms with Crippen LogP contribution in [0.4, 0.5) is 0 Å². The Kier molecular flexibility index (Phi) is 2.86. The van der Waals surface area contributed by atoms with Crippen LogP contribution in [0.1, 0.15) is 78.6 Å². The Bertz CT molecular complexity index is 317. The summed E-state index contributed by atoms with van der Waals surface area (Å²) in [5.41, 5.74) is 8.32. The fraction of sp³-hybridized carbons (Fsp3) is 1.00. The number of nitrogens with two attached hydrogens (primary N) is 1. The average Bonchev–Trinajstić information content (AvgIpc) is 2.09. The molecule has 4 fully saturated rings. The molecule has 0 aromatic carbocycles. The standard InChI is InChI=1S/C17H31N/c1-4-5-14(18)9-17-8-13-6-15(2,11-17)10-16(3,7-13)12-17/h13-14H,4-12,18H2,1-3H3. The Morgan fingerprint density at radius 1 is 1.06 bits per heavy atom. The second-order valence-corrected chi connectivity index (χ2v) is 8.88. The van der Waals surface area contributed by atoms with Gasteiger partial charge in [0, 0.05) is 6.04 Å². The summed E-state index contributed by atoms with van der Waals surface area (Å²) in [5, 5.41) is 0. The van der Waals surface area contributed by atoms with Crippen LogP contribution in [0, 0.1) is 22.2 Å². The van der Waals surface area contributed by atoms with Crippen LogP contribution < -0.4 is 5.73 Å². The van der Waals surface area contributed by atoms with E-state index in [9.17, 15) is 0 Å². The summed E-state index contributed by atoms with van der Waals surface area (Å²) in [4.78, 5) is 0. The van der Waals surface area contributed by atoms with Gasteiger partial charge in [0.1, 0.15) is 0 Å². The van der Waals surface area contributed by atoms with Crippen LogP contribution in [-0.4, -0.2) is 6.04 Å². The van der Waals surface area contributed by atoms with E-state index < -0.39 is 0 Å². The molecule has 4 saturated carbocycles. The summed E-state index contributed by atoms with van der Waals surface area (Å²) >= 11 is 0. The van der Waals surface area contributed by atoms with E-state index in [2.05, 4.69) is 20.8 Å². The SMILES string of the molecule is CCCC(N)CC12CC3CC(C)(CC(C)(C3)C1)C2. The molecule has 18 heavy (non-hydrogen) atoms. The molecular weight excluding hydrogens is 218 g/mol. The first-order valence-electron chi connectivity index (χ1n) is 8.12. The Balaban J connectivity index is 1.80. The maximum Gasteiger partial charge on any atom is 0.00440 e. The van der Waals surface area contributed by atoms with Crippen LogP contribution in [0.3, 0.4) is 0 Å². The van der Waals surface area contributed by atoms with Gasteiger partial charge in [-0.25, -0.2) is 0 Å². The fourth-order valence-electron chi connectivity index (χ4n) is 6.94. The van der Waals surface area contributed by atoms with Gasteiger partial charge >= 0.3 is 0 Å². The number of rotatable bonds is 4. The van der Waals surface area contributed by atoms with Gasteiger partial charge in [-0.05, 0) is 73.5 Å². The third kappa shape index (κ3) is 2.13. The molecule has 0 heterocycles. The zero-order valence-corrected chi connectivity index (χ0v) is 12.6. The van der Waals surface area contributed by atoms with Crippen LogP contribution in [0.5, 0.6) is 0 Å². The lowest BCUT2D eigenvalue weighted by Crippen LogP contribution is -2.56. The monoisotopic (exact) mass is 249 g/mol. The molecule has 104 valence electrons. The largest absolute Gasteiger partial charge is 0.328 e. The Morgan fingerprint density at radius 3 is 2.17 bits per heavy atom. The topological polar surface area (TPSA) is 26.0 Å². The summed E-state index contributed by atoms with van der Waals surface area (Å²) in [6, 6.07) is 0.457. The van der Waals surface area contributed by atoms with Crippen molar-refractivity contribution in [3.8, 4) is 0 Å². The maximum atomic E-state index is 6.39. The van der Waals surface area contributed by atoms with Gasteiger partial charge in [-0.15, -0.1) is 0 Å². The molecule has 0 aliphatic heterocycles. The van der Waals surface area contributed by atoms with E-state index >= 15 is 0 Å². The maximum absolute atomic E-state index is 6.39. The van der Waals surface area contributed by atoms with Crippen molar-refractivity contribution >= 4 is 0 Å². The first-order valence-corrected chi connectivity index (χ1v) is 8.12. The molecule has 0 radical (unpaired) electrons. The molecule has 0 amide bonds. The fourth-order valence-corrected chi connectivity index (χ4v) is 6.94. The molecule has 1 nitrogen and oxygen atoms in total. The minimum Gasteiger partial charge on any atom is -0.328 e. The minimum absolute atomic E-state index is 0.457. The van der Waals surface area contributed by atoms with Crippen molar-refractivity contribution in [1.82, 2.24) is 0 Å². The van der Waals surface area contributed by atoms with E-state index in [-0.39, 0.29) is 0 Å². The van der Waals surface area contributed by atoms with Gasteiger partial charge in [-0.3, -0.25) is 0 Å². The highest BCUT2D eigenvalue weighted by Crippen LogP contribution is 2.70. The Labute approximate surface area is 113 Å². The van der Waals surface area contributed by atoms with Gasteiger partial charge in [-0.1, -0.05) is 27.2 Å². The first-order chi connectivity index (χ1) is 8.36. The minimum atomic E-state index is 0.457. The normalized spacial score (nSPS) is 51.7. The van der Waals surface area contributed by atoms with E-state index in [0.717, 1.165) is 5.92 Å². The predicted octanol–water partition coefficient (Wildman–Crippen LogP) is 4.50. The first kappa shape index (κ1) is 13.0. The van der Waals surface area contributed by atoms with E-state index in [0.29, 0.717) is 22.3 Å². The second-order valence-electron chi connectivity index (χ2n) is 8.88. The van der Waals surface area contributed by atoms with Crippen molar-refractivity contribution in [2.75, 3.05) is 0 Å². The smallest absolute Gasteiger partial charge is 0.00440 e. The molecule has 0 saturated heterocycles. The molecule has 2 N–H and O–H groups in total. The quantitative estimate of drug-likeness (QED) is 0.780. The second kappa shape index (κ2) is 3.98. The molecule has 0 spiro atoms. The number of hydrogen-bond donors (Lipinski definition) is 1. The lowest BCUT2D eigenvalue weighted by molar-refractivity contribution is -0.149. The summed E-state index contributed by atoms with van der Waals surface area (Å²) < 4.78 is 0. The average molecular weight is 249 g/mol. The van der Waals surface area contributed by atoms with Crippen LogP contribution in [0.15, 0.2) is 0 Å². The van der Waals surface area contributed by atoms with Crippen LogP contribution in [-0.2, 0) is 0 Å². The molecular formula is C17H31N. The summed E-state index contributed by atoms with van der Waals surface area (Å²) in [7, 11) is 0. The van der Waals surface area contributed by atoms with Crippen molar-refractivity contribution in [3.05, 3.63) is 0 Å². The van der Waals surface area contributed by atoms with Gasteiger partial charge in [0.15, 0.2) is 0 Å². The van der Waals surface area contributed by atoms with Gasteiger partial charge in [-0.2, -0.15) is 0 Å². The zero-order valence-electron chi connectivity index (χ0n) is 12.6. The van der Waals surface area contributed by atoms with E-state index in [1.54, 1.807) is 0 Å². The number of hydrogen-bond acceptors (Lipinski definition) is 1. The molecule has 3 atom stereocenters. The molecule has 4 rings (SSSR count). The predicted molar refractivity (Wildman–Crippen MR) is 77.3 cm³/mol. The van der Waals surface area contributed by atoms with Crippen molar-refractivity contribution in [1.29, 1.82) is 0 Å². The van der Waals surface area contributed by atoms with Gasteiger partial charge < -0.3 is 5.73 Å². The van der Waals surface area contributed by atoms with Gasteiger partial charge in [0.05, 0.1) is 0 Å². The molecule has 4 aliphatic rings. The lowest BCUT2D eigenvalue weighted by atomic mass is 9.39. The molecule has 4 aliphatic carbocycles. The van der Waals surface area contributed by atoms with Crippen molar-refractivity contribution in [3.63, 3.8) is 0 Å². The van der Waals surface area contributed by atoms with Gasteiger partial charge in [0.2, 0.25) is 0 Å². The summed E-state index contributed by atoms with van der Waals surface area (Å²) in [6.07, 6.45) is 12.7. The summed E-state index contributed by atoms with van der Waals surface area (Å²) in [5.74, 6) is 1.02. The zero-order chi connectivity index (χ0) is 13.0. The highest BCUT2D eigenvalue weighted by molar-refractivity contribution is 5.10. The third-order valence-electron chi connectivity index (χ3n) is 6.10. The Morgan fingerprint density at radius 2 is 1.67 bits per heavy atom. The van der Waals surface area contributed by atoms with Crippen LogP contribution in [0.2, 0.25) is 0 Å². The third-order valence-corrected chi connectivity index (χ3v) is 6.10. The van der Waals surface area contributed by atoms with Crippen LogP contribution >= 0.6 is 0 Å². The van der Waals surface area contributed by atoms with Crippen molar-refractivity contribution < 1.29 is 0 Å². The van der Waals surface area contributed by atoms with Crippen molar-refractivity contribution in [2.24, 2.45) is 27.9 Å². The molecule has 1 heteroatoms. The lowest BCUT2D eigenvalue weighted by Gasteiger charge is -2.66. The molecule has 3 unspecified atom stereocenters. The van der Waals surface area contributed by atoms with Crippen molar-refractivity contribution in [2.45, 2.75) is 84.6 Å². The van der Waals surface area contributed by atoms with Crippen LogP contribution in [0.25, 0.3) is 0 Å². The van der Waals surface area contributed by atoms with Gasteiger partial charge in [0.25, 0.3) is 0 Å².